The first-order valence-corrected chi connectivity index (χ1v) is 15.3. The molecule has 220 valence electrons. The molecule has 0 aliphatic rings. The Morgan fingerprint density at radius 2 is 1.93 bits per heavy atom. The van der Waals surface area contributed by atoms with E-state index in [0.717, 1.165) is 22.6 Å². The molecule has 0 unspecified atom stereocenters. The van der Waals surface area contributed by atoms with Crippen molar-refractivity contribution in [3.63, 3.8) is 0 Å². The van der Waals surface area contributed by atoms with Gasteiger partial charge in [0.15, 0.2) is 0 Å². The van der Waals surface area contributed by atoms with E-state index in [4.69, 9.17) is 38.8 Å². The van der Waals surface area contributed by atoms with Crippen LogP contribution in [0.5, 0.6) is 5.88 Å². The molecule has 2 amide bonds. The highest BCUT2D eigenvalue weighted by Gasteiger charge is 2.23. The summed E-state index contributed by atoms with van der Waals surface area (Å²) in [4.78, 5) is 28.9. The molecule has 2 aromatic carbocycles. The molecule has 0 saturated carbocycles. The van der Waals surface area contributed by atoms with E-state index in [1.54, 1.807) is 59.2 Å². The zero-order valence-electron chi connectivity index (χ0n) is 22.9. The highest BCUT2D eigenvalue weighted by Crippen LogP contribution is 2.35. The summed E-state index contributed by atoms with van der Waals surface area (Å²) in [5.41, 5.74) is 9.34. The number of amides is 2. The first-order chi connectivity index (χ1) is 20.3. The van der Waals surface area contributed by atoms with E-state index in [-0.39, 0.29) is 31.2 Å². The number of pyridine rings is 1. The van der Waals surface area contributed by atoms with Crippen LogP contribution in [-0.4, -0.2) is 51.2 Å². The lowest BCUT2D eigenvalue weighted by Gasteiger charge is -2.16. The number of nitrogens with one attached hydrogen (secondary N) is 1. The van der Waals surface area contributed by atoms with E-state index >= 15 is 0 Å². The number of nitrogens with zero attached hydrogens (tertiary/aromatic N) is 3. The Labute approximate surface area is 257 Å². The predicted octanol–water partition coefficient (Wildman–Crippen LogP) is 5.66. The highest BCUT2D eigenvalue weighted by molar-refractivity contribution is 7.98. The quantitative estimate of drug-likeness (QED) is 0.174. The van der Waals surface area contributed by atoms with Gasteiger partial charge in [-0.25, -0.2) is 9.07 Å². The van der Waals surface area contributed by atoms with Crippen LogP contribution in [0.1, 0.15) is 24.0 Å². The Morgan fingerprint density at radius 1 is 1.14 bits per heavy atom. The van der Waals surface area contributed by atoms with Crippen molar-refractivity contribution >= 4 is 46.8 Å². The lowest BCUT2D eigenvalue weighted by molar-refractivity contribution is -0.127. The van der Waals surface area contributed by atoms with E-state index in [1.165, 1.54) is 12.1 Å². The molecule has 3 N–H and O–H groups in total. The molecule has 4 aromatic rings. The minimum absolute atomic E-state index is 0.101. The number of halogens is 3. The first-order valence-electron chi connectivity index (χ1n) is 13.2. The first kappa shape index (κ1) is 31.3. The van der Waals surface area contributed by atoms with E-state index in [2.05, 4.69) is 10.3 Å². The molecule has 0 aliphatic carbocycles. The second-order valence-electron chi connectivity index (χ2n) is 9.43. The minimum atomic E-state index is -0.917. The van der Waals surface area contributed by atoms with Crippen molar-refractivity contribution in [1.29, 1.82) is 0 Å². The van der Waals surface area contributed by atoms with Crippen LogP contribution in [0.2, 0.25) is 10.0 Å². The van der Waals surface area contributed by atoms with Gasteiger partial charge in [-0.1, -0.05) is 35.3 Å². The van der Waals surface area contributed by atoms with Gasteiger partial charge in [-0.05, 0) is 72.9 Å². The number of aromatic nitrogens is 3. The number of nitrogens with two attached hydrogens (primary N) is 1. The molecular weight excluding hydrogens is 600 g/mol. The Bertz CT molecular complexity index is 1520. The molecule has 0 aliphatic heterocycles. The number of carbonyl (C=O) groups excluding carboxylic acids is 2. The van der Waals surface area contributed by atoms with E-state index in [1.807, 2.05) is 18.4 Å². The molecule has 8 nitrogen and oxygen atoms in total. The van der Waals surface area contributed by atoms with Crippen molar-refractivity contribution < 1.29 is 18.7 Å². The average Bonchev–Trinajstić information content (AvgIpc) is 3.34. The van der Waals surface area contributed by atoms with Crippen LogP contribution in [-0.2, 0) is 22.4 Å². The van der Waals surface area contributed by atoms with E-state index in [0.29, 0.717) is 40.0 Å². The molecule has 0 radical (unpaired) electrons. The highest BCUT2D eigenvalue weighted by atomic mass is 35.5. The second kappa shape index (κ2) is 15.0. The van der Waals surface area contributed by atoms with Gasteiger partial charge in [0.1, 0.15) is 17.6 Å². The number of hydrogen-bond acceptors (Lipinski definition) is 6. The molecule has 1 atom stereocenters. The van der Waals surface area contributed by atoms with Gasteiger partial charge in [0.2, 0.25) is 17.7 Å². The summed E-state index contributed by atoms with van der Waals surface area (Å²) in [7, 11) is 0. The molecule has 4 rings (SSSR count). The summed E-state index contributed by atoms with van der Waals surface area (Å²) in [6.45, 7) is 0.207. The number of benzene rings is 2. The van der Waals surface area contributed by atoms with Gasteiger partial charge in [0.25, 0.3) is 0 Å². The van der Waals surface area contributed by atoms with Gasteiger partial charge < -0.3 is 15.8 Å². The Balaban J connectivity index is 1.50. The molecule has 2 aromatic heterocycles. The maximum absolute atomic E-state index is 13.2. The van der Waals surface area contributed by atoms with Gasteiger partial charge in [-0.3, -0.25) is 14.6 Å². The standard InChI is InChI=1S/C30H30Cl2FN5O3S/c1-42-15-12-23-28(20-4-2-13-35-18-20)37-38(22-10-11-24(31)25(32)17-22)30(23)41-14-3-5-27(39)36-26(29(34)40)16-19-6-8-21(33)9-7-19/h2,4,6-11,13,17-18,26H,3,5,12,14-16H2,1H3,(H2,34,40)(H,36,39)/t26-/m0/s1. The van der Waals surface area contributed by atoms with Crippen LogP contribution in [0.4, 0.5) is 4.39 Å². The fraction of sp³-hybridized carbons (Fsp3) is 0.267. The van der Waals surface area contributed by atoms with Gasteiger partial charge >= 0.3 is 0 Å². The Morgan fingerprint density at radius 3 is 2.60 bits per heavy atom. The summed E-state index contributed by atoms with van der Waals surface area (Å²) < 4.78 is 21.2. The molecule has 2 heterocycles. The number of thioether (sulfide) groups is 1. The van der Waals surface area contributed by atoms with E-state index < -0.39 is 11.9 Å². The number of rotatable bonds is 14. The van der Waals surface area contributed by atoms with Gasteiger partial charge in [-0.15, -0.1) is 0 Å². The van der Waals surface area contributed by atoms with Crippen molar-refractivity contribution in [1.82, 2.24) is 20.1 Å². The molecule has 0 fully saturated rings. The minimum Gasteiger partial charge on any atom is -0.477 e. The van der Waals surface area contributed by atoms with Crippen LogP contribution in [0.3, 0.4) is 0 Å². The summed E-state index contributed by atoms with van der Waals surface area (Å²) >= 11 is 14.2. The van der Waals surface area contributed by atoms with Crippen LogP contribution >= 0.6 is 35.0 Å². The topological polar surface area (TPSA) is 112 Å². The maximum Gasteiger partial charge on any atom is 0.240 e. The third-order valence-corrected chi connectivity index (χ3v) is 7.75. The number of hydrogen-bond donors (Lipinski definition) is 2. The van der Waals surface area contributed by atoms with Gasteiger partial charge in [0, 0.05) is 36.4 Å². The maximum atomic E-state index is 13.2. The molecule has 0 bridgehead atoms. The molecule has 0 saturated heterocycles. The van der Waals surface area contributed by atoms with Crippen LogP contribution < -0.4 is 15.8 Å². The Kier molecular flexibility index (Phi) is 11.2. The second-order valence-corrected chi connectivity index (χ2v) is 11.2. The van der Waals surface area contributed by atoms with Crippen molar-refractivity contribution in [3.05, 3.63) is 94.0 Å². The Hall–Kier alpha value is -3.60. The largest absolute Gasteiger partial charge is 0.477 e. The lowest BCUT2D eigenvalue weighted by atomic mass is 10.1. The third-order valence-electron chi connectivity index (χ3n) is 6.39. The summed E-state index contributed by atoms with van der Waals surface area (Å²) in [5.74, 6) is -0.0325. The summed E-state index contributed by atoms with van der Waals surface area (Å²) in [6, 6.07) is 13.8. The fourth-order valence-electron chi connectivity index (χ4n) is 4.29. The zero-order valence-corrected chi connectivity index (χ0v) is 25.2. The smallest absolute Gasteiger partial charge is 0.240 e. The average molecular weight is 631 g/mol. The van der Waals surface area contributed by atoms with Crippen molar-refractivity contribution in [3.8, 4) is 22.8 Å². The van der Waals surface area contributed by atoms with Crippen LogP contribution in [0.15, 0.2) is 67.0 Å². The summed E-state index contributed by atoms with van der Waals surface area (Å²) in [6.07, 6.45) is 6.80. The molecule has 12 heteroatoms. The monoisotopic (exact) mass is 629 g/mol. The predicted molar refractivity (Wildman–Crippen MR) is 165 cm³/mol. The van der Waals surface area contributed by atoms with Crippen molar-refractivity contribution in [2.75, 3.05) is 18.6 Å². The van der Waals surface area contributed by atoms with Crippen molar-refractivity contribution in [2.24, 2.45) is 5.73 Å². The van der Waals surface area contributed by atoms with Gasteiger partial charge in [0.05, 0.1) is 22.3 Å². The van der Waals surface area contributed by atoms with E-state index in [9.17, 15) is 14.0 Å². The third kappa shape index (κ3) is 8.24. The van der Waals surface area contributed by atoms with Gasteiger partial charge in [-0.2, -0.15) is 16.9 Å². The molecular formula is C30H30Cl2FN5O3S. The molecule has 0 spiro atoms. The lowest BCUT2D eigenvalue weighted by Crippen LogP contribution is -2.45. The SMILES string of the molecule is CSCCc1c(-c2cccnc2)nn(-c2ccc(Cl)c(Cl)c2)c1OCCCC(=O)N[C@@H](Cc1ccc(F)cc1)C(N)=O. The number of primary amides is 1. The summed E-state index contributed by atoms with van der Waals surface area (Å²) in [5, 5.41) is 8.35. The molecule has 42 heavy (non-hydrogen) atoms. The van der Waals surface area contributed by atoms with Crippen LogP contribution in [0, 0.1) is 5.82 Å². The van der Waals surface area contributed by atoms with Crippen molar-refractivity contribution in [2.45, 2.75) is 31.7 Å². The normalized spacial score (nSPS) is 11.7. The van der Waals surface area contributed by atoms with Crippen LogP contribution in [0.25, 0.3) is 16.9 Å². The number of ether oxygens (including phenoxy) is 1. The number of carbonyl (C=O) groups is 2. The fourth-order valence-corrected chi connectivity index (χ4v) is 4.99. The zero-order chi connectivity index (χ0) is 30.1.